The molecule has 0 spiro atoms. The Morgan fingerprint density at radius 2 is 2.32 bits per heavy atom. The summed E-state index contributed by atoms with van der Waals surface area (Å²) in [7, 11) is 0. The second-order valence-electron chi connectivity index (χ2n) is 4.71. The number of aromatic nitrogens is 3. The number of carbonyl (C=O) groups is 1. The SMILES string of the molecule is O=C(O)C1CCc2nc(-c3c[nH]ccc3=O)[nH]c2C1. The van der Waals surface area contributed by atoms with Gasteiger partial charge < -0.3 is 15.1 Å². The predicted octanol–water partition coefficient (Wildman–Crippen LogP) is 0.955. The van der Waals surface area contributed by atoms with E-state index in [9.17, 15) is 9.59 Å². The molecule has 2 aromatic rings. The molecule has 2 aromatic heterocycles. The van der Waals surface area contributed by atoms with Crippen LogP contribution in [0.1, 0.15) is 17.8 Å². The topological polar surface area (TPSA) is 98.8 Å². The number of hydrogen-bond donors (Lipinski definition) is 3. The quantitative estimate of drug-likeness (QED) is 0.747. The van der Waals surface area contributed by atoms with E-state index in [4.69, 9.17) is 5.11 Å². The number of pyridine rings is 1. The maximum atomic E-state index is 11.7. The molecule has 3 N–H and O–H groups in total. The minimum absolute atomic E-state index is 0.111. The average Bonchev–Trinajstić information content (AvgIpc) is 2.81. The highest BCUT2D eigenvalue weighted by molar-refractivity contribution is 5.71. The van der Waals surface area contributed by atoms with Gasteiger partial charge in [-0.15, -0.1) is 0 Å². The van der Waals surface area contributed by atoms with E-state index >= 15 is 0 Å². The molecule has 0 bridgehead atoms. The Labute approximate surface area is 108 Å². The van der Waals surface area contributed by atoms with Gasteiger partial charge in [0.15, 0.2) is 5.43 Å². The monoisotopic (exact) mass is 259 g/mol. The zero-order chi connectivity index (χ0) is 13.4. The molecule has 98 valence electrons. The molecular weight excluding hydrogens is 246 g/mol. The number of imidazole rings is 1. The summed E-state index contributed by atoms with van der Waals surface area (Å²) < 4.78 is 0. The highest BCUT2D eigenvalue weighted by Gasteiger charge is 2.27. The Kier molecular flexibility index (Phi) is 2.70. The van der Waals surface area contributed by atoms with Gasteiger partial charge in [-0.3, -0.25) is 9.59 Å². The van der Waals surface area contributed by atoms with Crippen molar-refractivity contribution in [2.45, 2.75) is 19.3 Å². The van der Waals surface area contributed by atoms with Crippen LogP contribution < -0.4 is 5.43 Å². The zero-order valence-corrected chi connectivity index (χ0v) is 10.1. The normalized spacial score (nSPS) is 18.0. The molecule has 0 radical (unpaired) electrons. The van der Waals surface area contributed by atoms with Gasteiger partial charge in [0.25, 0.3) is 0 Å². The highest BCUT2D eigenvalue weighted by Crippen LogP contribution is 2.26. The maximum absolute atomic E-state index is 11.7. The van der Waals surface area contributed by atoms with Crippen molar-refractivity contribution in [3.05, 3.63) is 40.1 Å². The van der Waals surface area contributed by atoms with E-state index in [-0.39, 0.29) is 11.3 Å². The molecule has 1 atom stereocenters. The number of hydrogen-bond acceptors (Lipinski definition) is 3. The van der Waals surface area contributed by atoms with Crippen LogP contribution in [0.15, 0.2) is 23.3 Å². The van der Waals surface area contributed by atoms with E-state index in [0.29, 0.717) is 30.7 Å². The number of nitrogens with one attached hydrogen (secondary N) is 2. The zero-order valence-electron chi connectivity index (χ0n) is 10.1. The van der Waals surface area contributed by atoms with Crippen molar-refractivity contribution in [2.75, 3.05) is 0 Å². The van der Waals surface area contributed by atoms with Crippen molar-refractivity contribution in [3.63, 3.8) is 0 Å². The molecule has 6 heteroatoms. The van der Waals surface area contributed by atoms with Crippen molar-refractivity contribution in [3.8, 4) is 11.4 Å². The number of nitrogens with zero attached hydrogens (tertiary/aromatic N) is 1. The van der Waals surface area contributed by atoms with Crippen LogP contribution in [0.4, 0.5) is 0 Å². The van der Waals surface area contributed by atoms with Gasteiger partial charge in [0.2, 0.25) is 0 Å². The van der Waals surface area contributed by atoms with Gasteiger partial charge in [-0.05, 0) is 12.8 Å². The van der Waals surface area contributed by atoms with Crippen molar-refractivity contribution >= 4 is 5.97 Å². The lowest BCUT2D eigenvalue weighted by molar-refractivity contribution is -0.142. The van der Waals surface area contributed by atoms with Crippen molar-refractivity contribution in [1.82, 2.24) is 15.0 Å². The fourth-order valence-corrected chi connectivity index (χ4v) is 2.42. The predicted molar refractivity (Wildman–Crippen MR) is 67.8 cm³/mol. The molecule has 0 aromatic carbocycles. The van der Waals surface area contributed by atoms with Gasteiger partial charge in [0, 0.05) is 30.6 Å². The highest BCUT2D eigenvalue weighted by atomic mass is 16.4. The van der Waals surface area contributed by atoms with E-state index in [1.807, 2.05) is 0 Å². The van der Waals surface area contributed by atoms with Crippen molar-refractivity contribution < 1.29 is 9.90 Å². The third-order valence-corrected chi connectivity index (χ3v) is 3.47. The third kappa shape index (κ3) is 2.05. The van der Waals surface area contributed by atoms with Crippen LogP contribution in [0, 0.1) is 5.92 Å². The molecule has 0 amide bonds. The number of aryl methyl sites for hydroxylation is 1. The number of carboxylic acid groups (broad SMARTS) is 1. The maximum Gasteiger partial charge on any atom is 0.306 e. The molecule has 3 rings (SSSR count). The van der Waals surface area contributed by atoms with Gasteiger partial charge in [0.1, 0.15) is 5.82 Å². The van der Waals surface area contributed by atoms with Crippen LogP contribution in [-0.4, -0.2) is 26.0 Å². The second kappa shape index (κ2) is 4.38. The van der Waals surface area contributed by atoms with Crippen molar-refractivity contribution in [1.29, 1.82) is 0 Å². The number of fused-ring (bicyclic) bond motifs is 1. The summed E-state index contributed by atoms with van der Waals surface area (Å²) in [5, 5.41) is 9.04. The summed E-state index contributed by atoms with van der Waals surface area (Å²) in [6.07, 6.45) is 4.84. The van der Waals surface area contributed by atoms with Crippen LogP contribution in [0.3, 0.4) is 0 Å². The Morgan fingerprint density at radius 1 is 1.47 bits per heavy atom. The molecule has 1 aliphatic rings. The lowest BCUT2D eigenvalue weighted by Crippen LogP contribution is -2.22. The molecule has 0 saturated heterocycles. The van der Waals surface area contributed by atoms with Crippen LogP contribution in [-0.2, 0) is 17.6 Å². The molecule has 19 heavy (non-hydrogen) atoms. The van der Waals surface area contributed by atoms with Gasteiger partial charge >= 0.3 is 5.97 Å². The minimum atomic E-state index is -0.778. The van der Waals surface area contributed by atoms with Gasteiger partial charge in [0.05, 0.1) is 17.2 Å². The molecule has 2 heterocycles. The molecule has 0 saturated carbocycles. The number of aliphatic carboxylic acids is 1. The fraction of sp³-hybridized carbons (Fsp3) is 0.308. The van der Waals surface area contributed by atoms with Crippen LogP contribution in [0.5, 0.6) is 0 Å². The van der Waals surface area contributed by atoms with Gasteiger partial charge in [-0.2, -0.15) is 0 Å². The van der Waals surface area contributed by atoms with Crippen molar-refractivity contribution in [2.24, 2.45) is 5.92 Å². The summed E-state index contributed by atoms with van der Waals surface area (Å²) in [4.78, 5) is 33.1. The molecule has 1 aliphatic carbocycles. The summed E-state index contributed by atoms with van der Waals surface area (Å²) in [6, 6.07) is 1.44. The number of rotatable bonds is 2. The standard InChI is InChI=1S/C13H13N3O3/c17-11-3-4-14-6-8(11)12-15-9-2-1-7(13(18)19)5-10(9)16-12/h3-4,6-7H,1-2,5H2,(H,14,17)(H,15,16)(H,18,19). The fourth-order valence-electron chi connectivity index (χ4n) is 2.42. The lowest BCUT2D eigenvalue weighted by Gasteiger charge is -2.16. The first-order chi connectivity index (χ1) is 9.15. The lowest BCUT2D eigenvalue weighted by atomic mass is 9.90. The Hall–Kier alpha value is -2.37. The van der Waals surface area contributed by atoms with E-state index < -0.39 is 5.97 Å². The van der Waals surface area contributed by atoms with E-state index in [2.05, 4.69) is 15.0 Å². The Morgan fingerprint density at radius 3 is 3.05 bits per heavy atom. The molecule has 6 nitrogen and oxygen atoms in total. The number of aromatic amines is 2. The Bertz CT molecular complexity index is 686. The summed E-state index contributed by atoms with van der Waals surface area (Å²) >= 11 is 0. The van der Waals surface area contributed by atoms with Crippen LogP contribution >= 0.6 is 0 Å². The smallest absolute Gasteiger partial charge is 0.306 e. The largest absolute Gasteiger partial charge is 0.481 e. The molecular formula is C13H13N3O3. The van der Waals surface area contributed by atoms with E-state index in [1.165, 1.54) is 6.07 Å². The second-order valence-corrected chi connectivity index (χ2v) is 4.71. The molecule has 0 aliphatic heterocycles. The summed E-state index contributed by atoms with van der Waals surface area (Å²) in [6.45, 7) is 0. The first-order valence-electron chi connectivity index (χ1n) is 6.13. The third-order valence-electron chi connectivity index (χ3n) is 3.47. The summed E-state index contributed by atoms with van der Waals surface area (Å²) in [5.74, 6) is -0.632. The van der Waals surface area contributed by atoms with E-state index in [1.54, 1.807) is 12.4 Å². The first kappa shape index (κ1) is 11.7. The molecule has 0 fully saturated rings. The minimum Gasteiger partial charge on any atom is -0.481 e. The average molecular weight is 259 g/mol. The van der Waals surface area contributed by atoms with Gasteiger partial charge in [-0.1, -0.05) is 0 Å². The summed E-state index contributed by atoms with van der Waals surface area (Å²) in [5.41, 5.74) is 2.07. The molecule has 1 unspecified atom stereocenters. The van der Waals surface area contributed by atoms with Gasteiger partial charge in [-0.25, -0.2) is 4.98 Å². The number of H-pyrrole nitrogens is 2. The first-order valence-corrected chi connectivity index (χ1v) is 6.13. The van der Waals surface area contributed by atoms with E-state index in [0.717, 1.165) is 11.4 Å². The van der Waals surface area contributed by atoms with Crippen LogP contribution in [0.2, 0.25) is 0 Å². The van der Waals surface area contributed by atoms with Crippen LogP contribution in [0.25, 0.3) is 11.4 Å². The Balaban J connectivity index is 1.98. The number of carboxylic acids is 1.